The smallest absolute Gasteiger partial charge is 0.416 e. The molecule has 1 N–H and O–H groups in total. The van der Waals surface area contributed by atoms with Crippen LogP contribution < -0.4 is 10.2 Å². The second-order valence-corrected chi connectivity index (χ2v) is 5.46. The minimum Gasteiger partial charge on any atom is -0.471 e. The largest absolute Gasteiger partial charge is 0.471 e. The summed E-state index contributed by atoms with van der Waals surface area (Å²) >= 11 is 0. The normalized spacial score (nSPS) is 11.4. The van der Waals surface area contributed by atoms with Gasteiger partial charge in [0.25, 0.3) is 5.91 Å². The van der Waals surface area contributed by atoms with Crippen LogP contribution in [0.15, 0.2) is 30.5 Å². The number of rotatable bonds is 8. The Bertz CT molecular complexity index is 744. The van der Waals surface area contributed by atoms with Gasteiger partial charge in [0.1, 0.15) is 12.2 Å². The van der Waals surface area contributed by atoms with Crippen molar-refractivity contribution < 1.29 is 27.5 Å². The van der Waals surface area contributed by atoms with Gasteiger partial charge in [0.05, 0.1) is 12.2 Å². The summed E-state index contributed by atoms with van der Waals surface area (Å²) in [5, 5.41) is 4.17. The van der Waals surface area contributed by atoms with Gasteiger partial charge in [-0.05, 0) is 31.0 Å². The van der Waals surface area contributed by atoms with Crippen LogP contribution >= 0.6 is 0 Å². The van der Waals surface area contributed by atoms with Crippen molar-refractivity contribution in [2.24, 2.45) is 0 Å². The molecular formula is C17H20F3N3O3. The van der Waals surface area contributed by atoms with Crippen LogP contribution in [0.2, 0.25) is 0 Å². The molecule has 0 saturated carbocycles. The first-order chi connectivity index (χ1) is 12.3. The van der Waals surface area contributed by atoms with E-state index < -0.39 is 17.6 Å². The Labute approximate surface area is 148 Å². The van der Waals surface area contributed by atoms with Gasteiger partial charge in [-0.15, -0.1) is 5.10 Å². The highest BCUT2D eigenvalue weighted by atomic mass is 19.4. The van der Waals surface area contributed by atoms with Gasteiger partial charge in [0.15, 0.2) is 0 Å². The Morgan fingerprint density at radius 2 is 2.08 bits per heavy atom. The molecule has 1 aromatic carbocycles. The average Bonchev–Trinajstić information content (AvgIpc) is 3.00. The molecule has 0 fully saturated rings. The highest BCUT2D eigenvalue weighted by Crippen LogP contribution is 2.29. The Morgan fingerprint density at radius 3 is 2.73 bits per heavy atom. The van der Waals surface area contributed by atoms with Crippen LogP contribution in [-0.2, 0) is 24.2 Å². The van der Waals surface area contributed by atoms with Crippen LogP contribution in [0.25, 0.3) is 0 Å². The molecule has 0 unspecified atom stereocenters. The first-order valence-electron chi connectivity index (χ1n) is 8.13. The van der Waals surface area contributed by atoms with E-state index in [9.17, 15) is 18.0 Å². The van der Waals surface area contributed by atoms with Crippen LogP contribution in [0.4, 0.5) is 13.2 Å². The lowest BCUT2D eigenvalue weighted by Crippen LogP contribution is -2.23. The summed E-state index contributed by atoms with van der Waals surface area (Å²) in [6, 6.07) is 4.81. The second kappa shape index (κ2) is 8.70. The van der Waals surface area contributed by atoms with E-state index in [2.05, 4.69) is 10.6 Å². The quantitative estimate of drug-likeness (QED) is 0.721. The number of hydroxylamine groups is 1. The van der Waals surface area contributed by atoms with Gasteiger partial charge in [0, 0.05) is 12.7 Å². The molecule has 0 aliphatic heterocycles. The zero-order valence-corrected chi connectivity index (χ0v) is 14.5. The van der Waals surface area contributed by atoms with E-state index >= 15 is 0 Å². The minimum absolute atomic E-state index is 0.0352. The zero-order chi connectivity index (χ0) is 19.2. The topological polar surface area (TPSA) is 65.4 Å². The van der Waals surface area contributed by atoms with Crippen molar-refractivity contribution in [1.29, 1.82) is 0 Å². The van der Waals surface area contributed by atoms with E-state index in [0.29, 0.717) is 12.1 Å². The number of carbonyl (C=O) groups excluding carboxylic acids is 1. The number of benzene rings is 1. The molecule has 0 spiro atoms. The zero-order valence-electron chi connectivity index (χ0n) is 14.5. The van der Waals surface area contributed by atoms with Crippen LogP contribution in [0, 0.1) is 0 Å². The Kier molecular flexibility index (Phi) is 6.62. The second-order valence-electron chi connectivity index (χ2n) is 5.46. The van der Waals surface area contributed by atoms with Crippen molar-refractivity contribution in [1.82, 2.24) is 15.3 Å². The SMILES string of the molecule is CCCn1cc(C(=O)NOCC)c(OCc2cccc(C(F)(F)F)c2)n1. The third-order valence-corrected chi connectivity index (χ3v) is 3.36. The molecular weight excluding hydrogens is 351 g/mol. The molecule has 6 nitrogen and oxygen atoms in total. The molecule has 1 amide bonds. The number of hydrogen-bond donors (Lipinski definition) is 1. The Balaban J connectivity index is 2.16. The molecule has 1 heterocycles. The number of alkyl halides is 3. The fourth-order valence-corrected chi connectivity index (χ4v) is 2.19. The van der Waals surface area contributed by atoms with Crippen molar-refractivity contribution >= 4 is 5.91 Å². The fourth-order valence-electron chi connectivity index (χ4n) is 2.19. The maximum atomic E-state index is 12.8. The number of carbonyl (C=O) groups is 1. The molecule has 0 aliphatic rings. The van der Waals surface area contributed by atoms with Crippen LogP contribution in [-0.4, -0.2) is 22.3 Å². The summed E-state index contributed by atoms with van der Waals surface area (Å²) in [5.41, 5.74) is 1.96. The lowest BCUT2D eigenvalue weighted by molar-refractivity contribution is -0.137. The van der Waals surface area contributed by atoms with Gasteiger partial charge in [-0.3, -0.25) is 14.3 Å². The Morgan fingerprint density at radius 1 is 1.31 bits per heavy atom. The fraction of sp³-hybridized carbons (Fsp3) is 0.412. The van der Waals surface area contributed by atoms with E-state index in [4.69, 9.17) is 9.57 Å². The number of aromatic nitrogens is 2. The molecule has 0 saturated heterocycles. The molecule has 2 rings (SSSR count). The summed E-state index contributed by atoms with van der Waals surface area (Å²) in [4.78, 5) is 17.0. The molecule has 0 atom stereocenters. The summed E-state index contributed by atoms with van der Waals surface area (Å²) in [6.45, 7) is 4.37. The van der Waals surface area contributed by atoms with Gasteiger partial charge in [-0.1, -0.05) is 19.1 Å². The minimum atomic E-state index is -4.43. The van der Waals surface area contributed by atoms with Gasteiger partial charge in [0.2, 0.25) is 5.88 Å². The number of nitrogens with one attached hydrogen (secondary N) is 1. The van der Waals surface area contributed by atoms with Gasteiger partial charge >= 0.3 is 6.18 Å². The van der Waals surface area contributed by atoms with E-state index in [0.717, 1.165) is 18.6 Å². The van der Waals surface area contributed by atoms with Crippen molar-refractivity contribution in [2.75, 3.05) is 6.61 Å². The number of aryl methyl sites for hydroxylation is 1. The predicted molar refractivity (Wildman–Crippen MR) is 87.4 cm³/mol. The molecule has 1 aromatic heterocycles. The summed E-state index contributed by atoms with van der Waals surface area (Å²) in [5.74, 6) is -0.499. The number of ether oxygens (including phenoxy) is 1. The maximum Gasteiger partial charge on any atom is 0.416 e. The monoisotopic (exact) mass is 371 g/mol. The highest BCUT2D eigenvalue weighted by molar-refractivity contribution is 5.95. The molecule has 0 radical (unpaired) electrons. The predicted octanol–water partition coefficient (Wildman–Crippen LogP) is 3.57. The number of halogens is 3. The molecule has 2 aromatic rings. The molecule has 26 heavy (non-hydrogen) atoms. The third-order valence-electron chi connectivity index (χ3n) is 3.36. The number of hydrogen-bond acceptors (Lipinski definition) is 4. The van der Waals surface area contributed by atoms with Crippen molar-refractivity contribution in [2.45, 2.75) is 39.6 Å². The van der Waals surface area contributed by atoms with Gasteiger partial charge in [-0.25, -0.2) is 5.48 Å². The van der Waals surface area contributed by atoms with E-state index in [-0.39, 0.29) is 24.7 Å². The maximum absolute atomic E-state index is 12.8. The van der Waals surface area contributed by atoms with Crippen LogP contribution in [0.1, 0.15) is 41.8 Å². The molecule has 0 aliphatic carbocycles. The van der Waals surface area contributed by atoms with Crippen molar-refractivity contribution in [3.8, 4) is 5.88 Å². The van der Waals surface area contributed by atoms with Crippen LogP contribution in [0.3, 0.4) is 0 Å². The molecule has 9 heteroatoms. The van der Waals surface area contributed by atoms with E-state index in [1.54, 1.807) is 11.6 Å². The van der Waals surface area contributed by atoms with Crippen molar-refractivity contribution in [3.05, 3.63) is 47.2 Å². The lowest BCUT2D eigenvalue weighted by atomic mass is 10.1. The number of nitrogens with zero attached hydrogens (tertiary/aromatic N) is 2. The van der Waals surface area contributed by atoms with Crippen molar-refractivity contribution in [3.63, 3.8) is 0 Å². The van der Waals surface area contributed by atoms with Gasteiger partial charge < -0.3 is 4.74 Å². The Hall–Kier alpha value is -2.55. The summed E-state index contributed by atoms with van der Waals surface area (Å²) in [6.07, 6.45) is -2.12. The first-order valence-corrected chi connectivity index (χ1v) is 8.13. The third kappa shape index (κ3) is 5.22. The van der Waals surface area contributed by atoms with Crippen LogP contribution in [0.5, 0.6) is 5.88 Å². The molecule has 0 bridgehead atoms. The van der Waals surface area contributed by atoms with E-state index in [1.165, 1.54) is 18.3 Å². The number of amides is 1. The lowest BCUT2D eigenvalue weighted by Gasteiger charge is -2.09. The standard InChI is InChI=1S/C17H20F3N3O3/c1-3-8-23-10-14(15(24)22-26-4-2)16(21-23)25-11-12-6-5-7-13(9-12)17(18,19)20/h5-7,9-10H,3-4,8,11H2,1-2H3,(H,22,24). The summed E-state index contributed by atoms with van der Waals surface area (Å²) in [7, 11) is 0. The first kappa shape index (κ1) is 19.8. The molecule has 142 valence electrons. The highest BCUT2D eigenvalue weighted by Gasteiger charge is 2.30. The van der Waals surface area contributed by atoms with Gasteiger partial charge in [-0.2, -0.15) is 13.2 Å². The summed E-state index contributed by atoms with van der Waals surface area (Å²) < 4.78 is 45.4. The van der Waals surface area contributed by atoms with E-state index in [1.807, 2.05) is 6.92 Å². The average molecular weight is 371 g/mol.